The average molecular weight is 301 g/mol. The number of aryl methyl sites for hydroxylation is 1. The predicted octanol–water partition coefficient (Wildman–Crippen LogP) is 2.89. The van der Waals surface area contributed by atoms with E-state index in [2.05, 4.69) is 15.4 Å². The number of rotatable bonds is 5. The molecule has 19 heavy (non-hydrogen) atoms. The Bertz CT molecular complexity index is 466. The van der Waals surface area contributed by atoms with Crippen LogP contribution in [-0.4, -0.2) is 24.7 Å². The molecule has 1 aromatic carbocycles. The maximum absolute atomic E-state index is 10.9. The molecule has 0 aromatic heterocycles. The van der Waals surface area contributed by atoms with Crippen LogP contribution in [0.1, 0.15) is 18.4 Å². The highest BCUT2D eigenvalue weighted by molar-refractivity contribution is 7.80. The molecule has 0 spiro atoms. The summed E-state index contributed by atoms with van der Waals surface area (Å²) in [6, 6.07) is 5.65. The zero-order chi connectivity index (χ0) is 14.3. The standard InChI is InChI=1S/C13H17ClN2O2S/c1-9-5-6-10(8-11(9)14)16-13(19)15-7-3-4-12(17)18-2/h5-6,8H,3-4,7H2,1-2H3,(H2,15,16,19). The van der Waals surface area contributed by atoms with Gasteiger partial charge in [-0.25, -0.2) is 0 Å². The minimum absolute atomic E-state index is 0.217. The summed E-state index contributed by atoms with van der Waals surface area (Å²) in [5, 5.41) is 7.24. The normalized spacial score (nSPS) is 9.84. The average Bonchev–Trinajstić information content (AvgIpc) is 2.38. The highest BCUT2D eigenvalue weighted by Crippen LogP contribution is 2.19. The van der Waals surface area contributed by atoms with Gasteiger partial charge in [0, 0.05) is 23.7 Å². The molecular formula is C13H17ClN2O2S. The van der Waals surface area contributed by atoms with Crippen LogP contribution in [0.5, 0.6) is 0 Å². The zero-order valence-electron chi connectivity index (χ0n) is 11.0. The van der Waals surface area contributed by atoms with Crippen LogP contribution in [0.3, 0.4) is 0 Å². The lowest BCUT2D eigenvalue weighted by atomic mass is 10.2. The van der Waals surface area contributed by atoms with Crippen molar-refractivity contribution in [2.75, 3.05) is 19.0 Å². The van der Waals surface area contributed by atoms with Gasteiger partial charge in [0.1, 0.15) is 0 Å². The van der Waals surface area contributed by atoms with Crippen molar-refractivity contribution in [2.45, 2.75) is 19.8 Å². The van der Waals surface area contributed by atoms with E-state index in [4.69, 9.17) is 23.8 Å². The summed E-state index contributed by atoms with van der Waals surface area (Å²) < 4.78 is 4.55. The maximum Gasteiger partial charge on any atom is 0.305 e. The van der Waals surface area contributed by atoms with Crippen LogP contribution in [-0.2, 0) is 9.53 Å². The second-order valence-corrected chi connectivity index (χ2v) is 4.84. The SMILES string of the molecule is COC(=O)CCCNC(=S)Nc1ccc(C)c(Cl)c1. The Hall–Kier alpha value is -1.33. The molecule has 1 rings (SSSR count). The van der Waals surface area contributed by atoms with Crippen molar-refractivity contribution in [2.24, 2.45) is 0 Å². The van der Waals surface area contributed by atoms with Gasteiger partial charge in [0.2, 0.25) is 0 Å². The van der Waals surface area contributed by atoms with Gasteiger partial charge in [-0.1, -0.05) is 17.7 Å². The second-order valence-electron chi connectivity index (χ2n) is 4.02. The highest BCUT2D eigenvalue weighted by atomic mass is 35.5. The number of thiocarbonyl (C=S) groups is 1. The molecule has 104 valence electrons. The van der Waals surface area contributed by atoms with Gasteiger partial charge in [0.05, 0.1) is 7.11 Å². The van der Waals surface area contributed by atoms with Crippen LogP contribution in [0.4, 0.5) is 5.69 Å². The van der Waals surface area contributed by atoms with Gasteiger partial charge in [-0.3, -0.25) is 4.79 Å². The number of methoxy groups -OCH3 is 1. The molecule has 0 amide bonds. The van der Waals surface area contributed by atoms with E-state index >= 15 is 0 Å². The topological polar surface area (TPSA) is 50.4 Å². The number of carbonyl (C=O) groups is 1. The van der Waals surface area contributed by atoms with Crippen molar-refractivity contribution in [1.82, 2.24) is 5.32 Å². The number of esters is 1. The molecule has 6 heteroatoms. The van der Waals surface area contributed by atoms with Crippen molar-refractivity contribution in [3.63, 3.8) is 0 Å². The number of hydrogen-bond donors (Lipinski definition) is 2. The lowest BCUT2D eigenvalue weighted by Gasteiger charge is -2.11. The number of nitrogens with one attached hydrogen (secondary N) is 2. The first-order chi connectivity index (χ1) is 9.02. The van der Waals surface area contributed by atoms with Crippen LogP contribution in [0, 0.1) is 6.92 Å². The summed E-state index contributed by atoms with van der Waals surface area (Å²) in [5.74, 6) is -0.217. The quantitative estimate of drug-likeness (QED) is 0.497. The molecule has 0 aliphatic heterocycles. The third kappa shape index (κ3) is 5.89. The van der Waals surface area contributed by atoms with E-state index in [0.717, 1.165) is 11.3 Å². The molecule has 0 radical (unpaired) electrons. The summed E-state index contributed by atoms with van der Waals surface area (Å²) in [6.07, 6.45) is 1.05. The first-order valence-electron chi connectivity index (χ1n) is 5.90. The monoisotopic (exact) mass is 300 g/mol. The third-order valence-corrected chi connectivity index (χ3v) is 3.15. The van der Waals surface area contributed by atoms with E-state index in [-0.39, 0.29) is 5.97 Å². The van der Waals surface area contributed by atoms with Crippen LogP contribution in [0.15, 0.2) is 18.2 Å². The molecule has 0 bridgehead atoms. The number of ether oxygens (including phenoxy) is 1. The van der Waals surface area contributed by atoms with Gasteiger partial charge in [-0.15, -0.1) is 0 Å². The molecule has 4 nitrogen and oxygen atoms in total. The molecule has 0 aliphatic rings. The first-order valence-corrected chi connectivity index (χ1v) is 6.69. The fourth-order valence-electron chi connectivity index (χ4n) is 1.38. The number of anilines is 1. The van der Waals surface area contributed by atoms with E-state index in [1.807, 2.05) is 25.1 Å². The van der Waals surface area contributed by atoms with Gasteiger partial charge < -0.3 is 15.4 Å². The van der Waals surface area contributed by atoms with E-state index in [1.54, 1.807) is 0 Å². The first kappa shape index (κ1) is 15.7. The Morgan fingerprint density at radius 3 is 2.84 bits per heavy atom. The Morgan fingerprint density at radius 1 is 1.47 bits per heavy atom. The molecule has 2 N–H and O–H groups in total. The third-order valence-electron chi connectivity index (χ3n) is 2.50. The molecule has 0 saturated heterocycles. The van der Waals surface area contributed by atoms with Crippen LogP contribution >= 0.6 is 23.8 Å². The fraction of sp³-hybridized carbons (Fsp3) is 0.385. The molecule has 1 aromatic rings. The van der Waals surface area contributed by atoms with E-state index in [1.165, 1.54) is 7.11 Å². The minimum atomic E-state index is -0.217. The fourth-order valence-corrected chi connectivity index (χ4v) is 1.78. The Labute approximate surface area is 123 Å². The second kappa shape index (κ2) is 7.96. The summed E-state index contributed by atoms with van der Waals surface area (Å²) >= 11 is 11.2. The molecule has 0 fully saturated rings. The molecular weight excluding hydrogens is 284 g/mol. The van der Waals surface area contributed by atoms with Gasteiger partial charge in [0.15, 0.2) is 5.11 Å². The Balaban J connectivity index is 2.31. The maximum atomic E-state index is 10.9. The zero-order valence-corrected chi connectivity index (χ0v) is 12.5. The van der Waals surface area contributed by atoms with Gasteiger partial charge >= 0.3 is 5.97 Å². The largest absolute Gasteiger partial charge is 0.469 e. The van der Waals surface area contributed by atoms with Crippen LogP contribution < -0.4 is 10.6 Å². The lowest BCUT2D eigenvalue weighted by molar-refractivity contribution is -0.140. The summed E-state index contributed by atoms with van der Waals surface area (Å²) in [7, 11) is 1.38. The van der Waals surface area contributed by atoms with E-state index < -0.39 is 0 Å². The van der Waals surface area contributed by atoms with Gasteiger partial charge in [-0.2, -0.15) is 0 Å². The van der Waals surface area contributed by atoms with Crippen molar-refractivity contribution in [1.29, 1.82) is 0 Å². The van der Waals surface area contributed by atoms with Crippen LogP contribution in [0.2, 0.25) is 5.02 Å². The smallest absolute Gasteiger partial charge is 0.305 e. The van der Waals surface area contributed by atoms with Crippen molar-refractivity contribution >= 4 is 40.6 Å². The summed E-state index contributed by atoms with van der Waals surface area (Å²) in [4.78, 5) is 10.9. The van der Waals surface area contributed by atoms with Gasteiger partial charge in [0.25, 0.3) is 0 Å². The minimum Gasteiger partial charge on any atom is -0.469 e. The number of hydrogen-bond acceptors (Lipinski definition) is 3. The molecule has 0 heterocycles. The molecule has 0 atom stereocenters. The summed E-state index contributed by atoms with van der Waals surface area (Å²) in [5.41, 5.74) is 1.85. The lowest BCUT2D eigenvalue weighted by Crippen LogP contribution is -2.29. The summed E-state index contributed by atoms with van der Waals surface area (Å²) in [6.45, 7) is 2.55. The van der Waals surface area contributed by atoms with Gasteiger partial charge in [-0.05, 0) is 43.3 Å². The molecule has 0 saturated carbocycles. The number of benzene rings is 1. The highest BCUT2D eigenvalue weighted by Gasteiger charge is 2.02. The Kier molecular flexibility index (Phi) is 6.59. The van der Waals surface area contributed by atoms with E-state index in [9.17, 15) is 4.79 Å². The van der Waals surface area contributed by atoms with E-state index in [0.29, 0.717) is 29.5 Å². The van der Waals surface area contributed by atoms with Crippen molar-refractivity contribution in [3.05, 3.63) is 28.8 Å². The predicted molar refractivity (Wildman–Crippen MR) is 81.7 cm³/mol. The van der Waals surface area contributed by atoms with Crippen molar-refractivity contribution in [3.8, 4) is 0 Å². The van der Waals surface area contributed by atoms with Crippen LogP contribution in [0.25, 0.3) is 0 Å². The molecule has 0 aliphatic carbocycles. The van der Waals surface area contributed by atoms with Crippen molar-refractivity contribution < 1.29 is 9.53 Å². The molecule has 0 unspecified atom stereocenters. The Morgan fingerprint density at radius 2 is 2.21 bits per heavy atom. The number of halogens is 1. The number of carbonyl (C=O) groups excluding carboxylic acids is 1.